The zero-order valence-electron chi connectivity index (χ0n) is 32.1. The fourth-order valence-electron chi connectivity index (χ4n) is 9.80. The maximum absolute atomic E-state index is 7.22. The first-order valence-electron chi connectivity index (χ1n) is 19.4. The summed E-state index contributed by atoms with van der Waals surface area (Å²) in [4.78, 5) is 5.23. The Hall–Kier alpha value is -5.34. The van der Waals surface area contributed by atoms with Crippen molar-refractivity contribution >= 4 is 137 Å². The molecule has 0 N–H and O–H groups in total. The molecule has 2 aliphatic heterocycles. The first-order valence-corrected chi connectivity index (χ1v) is 27.2. The summed E-state index contributed by atoms with van der Waals surface area (Å²) >= 11 is 1.92. The maximum Gasteiger partial charge on any atom is 0.298 e. The van der Waals surface area contributed by atoms with E-state index in [0.29, 0.717) is 0 Å². The van der Waals surface area contributed by atoms with Gasteiger partial charge in [-0.2, -0.15) is 0 Å². The predicted octanol–water partition coefficient (Wildman–Crippen LogP) is 11.1. The summed E-state index contributed by atoms with van der Waals surface area (Å²) in [5, 5.41) is 12.0. The molecule has 0 saturated heterocycles. The van der Waals surface area contributed by atoms with Gasteiger partial charge in [0.05, 0.1) is 32.5 Å². The quantitative estimate of drug-likeness (QED) is 0.167. The molecule has 0 atom stereocenters. The van der Waals surface area contributed by atoms with E-state index in [4.69, 9.17) is 4.42 Å². The van der Waals surface area contributed by atoms with Crippen LogP contribution in [-0.2, 0) is 0 Å². The molecule has 0 aliphatic carbocycles. The lowest BCUT2D eigenvalue weighted by Crippen LogP contribution is -2.61. The van der Waals surface area contributed by atoms with Gasteiger partial charge in [-0.05, 0) is 90.7 Å². The van der Waals surface area contributed by atoms with Crippen LogP contribution >= 0.6 is 11.3 Å². The molecular weight excluding hydrogens is 720 g/mol. The van der Waals surface area contributed by atoms with Crippen LogP contribution in [0.25, 0.3) is 42.6 Å². The van der Waals surface area contributed by atoms with Gasteiger partial charge in [0.15, 0.2) is 0 Å². The second-order valence-electron chi connectivity index (χ2n) is 17.3. The van der Waals surface area contributed by atoms with E-state index >= 15 is 0 Å². The van der Waals surface area contributed by atoms with Crippen LogP contribution in [0, 0.1) is 0 Å². The normalized spacial score (nSPS) is 13.9. The van der Waals surface area contributed by atoms with Crippen molar-refractivity contribution in [2.75, 3.05) is 9.80 Å². The van der Waals surface area contributed by atoms with Crippen molar-refractivity contribution in [1.29, 1.82) is 0 Å². The van der Waals surface area contributed by atoms with E-state index in [1.807, 2.05) is 11.3 Å². The van der Waals surface area contributed by atoms with Crippen molar-refractivity contribution < 1.29 is 4.42 Å². The highest BCUT2D eigenvalue weighted by Crippen LogP contribution is 2.49. The Balaban J connectivity index is 1.30. The van der Waals surface area contributed by atoms with Crippen LogP contribution in [-0.4, -0.2) is 22.9 Å². The lowest BCUT2D eigenvalue weighted by molar-refractivity contribution is 0.651. The Bertz CT molecular complexity index is 3060. The third kappa shape index (κ3) is 4.67. The van der Waals surface area contributed by atoms with Gasteiger partial charge in [-0.25, -0.2) is 0 Å². The summed E-state index contributed by atoms with van der Waals surface area (Å²) in [6.07, 6.45) is 0. The summed E-state index contributed by atoms with van der Waals surface area (Å²) in [6.45, 7) is 14.9. The second kappa shape index (κ2) is 11.6. The van der Waals surface area contributed by atoms with Crippen LogP contribution in [0.4, 0.5) is 33.4 Å². The number of hydrogen-bond donors (Lipinski definition) is 0. The van der Waals surface area contributed by atoms with Crippen molar-refractivity contribution in [1.82, 2.24) is 0 Å². The summed E-state index contributed by atoms with van der Waals surface area (Å²) in [7, 11) is -3.82. The Morgan fingerprint density at radius 1 is 0.473 bits per heavy atom. The molecule has 0 unspecified atom stereocenters. The third-order valence-electron chi connectivity index (χ3n) is 11.8. The first-order chi connectivity index (χ1) is 26.6. The number of fused-ring (bicyclic) bond motifs is 10. The monoisotopic (exact) mass is 760 g/mol. The van der Waals surface area contributed by atoms with Gasteiger partial charge in [-0.15, -0.1) is 11.3 Å². The molecule has 0 spiro atoms. The summed E-state index contributed by atoms with van der Waals surface area (Å²) in [5.74, 6) is 0. The number of hydrogen-bond acceptors (Lipinski definition) is 4. The smallest absolute Gasteiger partial charge is 0.298 e. The molecule has 0 fully saturated rings. The Labute approximate surface area is 328 Å². The van der Waals surface area contributed by atoms with Crippen molar-refractivity contribution in [2.45, 2.75) is 39.3 Å². The van der Waals surface area contributed by atoms with Gasteiger partial charge in [-0.3, -0.25) is 0 Å². The molecule has 55 heavy (non-hydrogen) atoms. The Morgan fingerprint density at radius 3 is 1.64 bits per heavy atom. The highest BCUT2D eigenvalue weighted by atomic mass is 32.1. The molecule has 7 aromatic carbocycles. The van der Waals surface area contributed by atoms with Gasteiger partial charge in [0.1, 0.15) is 5.58 Å². The summed E-state index contributed by atoms with van der Waals surface area (Å²) in [6, 6.07) is 52.1. The molecular formula is C48H41BN2OSSi2. The molecule has 2 aliphatic rings. The standard InChI is InChI=1S/C48H41BN2OSSi2/c1-54(2,3)45-32-18-9-7-16-30(32)26-28-38(45)50-36-22-15-23-37-43(36)49(47-44(50)34-20-11-13-24-40(34)52-47)42-35-21-12-14-25-41(35)53-48(42)51(37)39-29-27-31-17-8-10-19-33(31)46(39)55(4,5)6/h7-29H,1-6H3. The van der Waals surface area contributed by atoms with Crippen molar-refractivity contribution in [2.24, 2.45) is 0 Å². The molecule has 9 aromatic rings. The Kier molecular flexibility index (Phi) is 6.96. The van der Waals surface area contributed by atoms with Gasteiger partial charge < -0.3 is 14.2 Å². The zero-order valence-corrected chi connectivity index (χ0v) is 34.9. The van der Waals surface area contributed by atoms with E-state index in [1.165, 1.54) is 86.4 Å². The number of para-hydroxylation sites is 1. The van der Waals surface area contributed by atoms with E-state index in [1.54, 1.807) is 0 Å². The highest BCUT2D eigenvalue weighted by molar-refractivity contribution is 7.26. The fraction of sp³-hybridized carbons (Fsp3) is 0.125. The zero-order chi connectivity index (χ0) is 37.4. The molecule has 11 rings (SSSR count). The molecule has 0 amide bonds. The Morgan fingerprint density at radius 2 is 1.00 bits per heavy atom. The number of nitrogens with zero attached hydrogens (tertiary/aromatic N) is 2. The lowest BCUT2D eigenvalue weighted by atomic mass is 9.35. The van der Waals surface area contributed by atoms with Gasteiger partial charge in [0.25, 0.3) is 6.71 Å². The number of anilines is 6. The van der Waals surface area contributed by atoms with Gasteiger partial charge >= 0.3 is 0 Å². The second-order valence-corrected chi connectivity index (χ2v) is 28.3. The van der Waals surface area contributed by atoms with E-state index in [9.17, 15) is 0 Å². The van der Waals surface area contributed by atoms with Crippen LogP contribution in [0.1, 0.15) is 0 Å². The van der Waals surface area contributed by atoms with Crippen LogP contribution in [0.3, 0.4) is 0 Å². The number of benzene rings is 7. The largest absolute Gasteiger partial charge is 0.468 e. The molecule has 0 bridgehead atoms. The number of rotatable bonds is 4. The predicted molar refractivity (Wildman–Crippen MR) is 247 cm³/mol. The SMILES string of the molecule is C[Si](C)(C)c1c(N2c3cccc4c3B(c3oc5ccccc5c3N4c3ccc4ccccc4c3[Si](C)(C)C)c3c2sc2ccccc32)ccc2ccccc12. The summed E-state index contributed by atoms with van der Waals surface area (Å²) in [5.41, 5.74) is 10.8. The van der Waals surface area contributed by atoms with Gasteiger partial charge in [0, 0.05) is 32.8 Å². The van der Waals surface area contributed by atoms with Crippen LogP contribution in [0.5, 0.6) is 0 Å². The molecule has 7 heteroatoms. The van der Waals surface area contributed by atoms with Gasteiger partial charge in [-0.1, -0.05) is 136 Å². The fourth-order valence-corrected chi connectivity index (χ4v) is 15.1. The van der Waals surface area contributed by atoms with Crippen molar-refractivity contribution in [3.05, 3.63) is 140 Å². The van der Waals surface area contributed by atoms with Crippen LogP contribution < -0.4 is 36.8 Å². The van der Waals surface area contributed by atoms with E-state index < -0.39 is 16.1 Å². The maximum atomic E-state index is 7.22. The van der Waals surface area contributed by atoms with E-state index in [2.05, 4.69) is 189 Å². The van der Waals surface area contributed by atoms with Crippen LogP contribution in [0.15, 0.2) is 144 Å². The number of thiophene rings is 1. The van der Waals surface area contributed by atoms with Crippen molar-refractivity contribution in [3.8, 4) is 0 Å². The molecule has 3 nitrogen and oxygen atoms in total. The average molecular weight is 761 g/mol. The third-order valence-corrected chi connectivity index (χ3v) is 17.0. The minimum Gasteiger partial charge on any atom is -0.468 e. The topological polar surface area (TPSA) is 19.6 Å². The molecule has 4 heterocycles. The minimum atomic E-state index is -1.92. The molecule has 0 radical (unpaired) electrons. The van der Waals surface area contributed by atoms with Crippen molar-refractivity contribution in [3.63, 3.8) is 0 Å². The summed E-state index contributed by atoms with van der Waals surface area (Å²) < 4.78 is 8.52. The minimum absolute atomic E-state index is 0.0705. The number of furan rings is 1. The van der Waals surface area contributed by atoms with E-state index in [0.717, 1.165) is 16.6 Å². The lowest BCUT2D eigenvalue weighted by Gasteiger charge is -2.43. The van der Waals surface area contributed by atoms with Gasteiger partial charge in [0.2, 0.25) is 0 Å². The van der Waals surface area contributed by atoms with Crippen LogP contribution in [0.2, 0.25) is 39.3 Å². The first kappa shape index (κ1) is 33.0. The average Bonchev–Trinajstić information content (AvgIpc) is 3.75. The molecule has 2 aromatic heterocycles. The van der Waals surface area contributed by atoms with E-state index in [-0.39, 0.29) is 6.71 Å². The molecule has 266 valence electrons. The highest BCUT2D eigenvalue weighted by Gasteiger charge is 2.49. The molecule has 0 saturated carbocycles.